The molecule has 0 amide bonds. The van der Waals surface area contributed by atoms with E-state index in [1.54, 1.807) is 0 Å². The van der Waals surface area contributed by atoms with Gasteiger partial charge >= 0.3 is 0 Å². The molecule has 1 fully saturated rings. The first-order valence-electron chi connectivity index (χ1n) is 4.60. The third kappa shape index (κ3) is 1.33. The van der Waals surface area contributed by atoms with Crippen molar-refractivity contribution in [2.45, 2.75) is 12.5 Å². The van der Waals surface area contributed by atoms with Crippen LogP contribution >= 0.6 is 0 Å². The van der Waals surface area contributed by atoms with Crippen molar-refractivity contribution in [2.24, 2.45) is 0 Å². The molecule has 0 spiro atoms. The maximum absolute atomic E-state index is 5.19. The molecule has 1 aromatic heterocycles. The maximum atomic E-state index is 5.19. The van der Waals surface area contributed by atoms with Gasteiger partial charge in [0.05, 0.1) is 12.7 Å². The van der Waals surface area contributed by atoms with Crippen LogP contribution in [0.3, 0.4) is 0 Å². The molecule has 2 heteroatoms. The van der Waals surface area contributed by atoms with Gasteiger partial charge in [-0.15, -0.1) is 0 Å². The number of H-pyrrole nitrogens is 1. The van der Waals surface area contributed by atoms with Gasteiger partial charge in [-0.25, -0.2) is 0 Å². The Kier molecular flexibility index (Phi) is 1.43. The van der Waals surface area contributed by atoms with E-state index in [1.165, 1.54) is 16.6 Å². The van der Waals surface area contributed by atoms with E-state index in [4.69, 9.17) is 4.74 Å². The van der Waals surface area contributed by atoms with Crippen molar-refractivity contribution < 1.29 is 4.74 Å². The summed E-state index contributed by atoms with van der Waals surface area (Å²) < 4.78 is 5.19. The Morgan fingerprint density at radius 3 is 3.00 bits per heavy atom. The monoisotopic (exact) mass is 173 g/mol. The first-order chi connectivity index (χ1) is 6.42. The van der Waals surface area contributed by atoms with Crippen molar-refractivity contribution in [3.8, 4) is 0 Å². The van der Waals surface area contributed by atoms with Crippen molar-refractivity contribution in [2.75, 3.05) is 6.61 Å². The number of hydrogen-bond donors (Lipinski definition) is 1. The SMILES string of the molecule is c1ccc2[nH]c(C[C@H]3CO3)cc2c1. The van der Waals surface area contributed by atoms with Crippen LogP contribution in [0.5, 0.6) is 0 Å². The summed E-state index contributed by atoms with van der Waals surface area (Å²) in [7, 11) is 0. The normalized spacial score (nSPS) is 20.8. The van der Waals surface area contributed by atoms with Gasteiger partial charge in [-0.2, -0.15) is 0 Å². The molecule has 1 aromatic carbocycles. The number of para-hydroxylation sites is 1. The first kappa shape index (κ1) is 7.15. The van der Waals surface area contributed by atoms with Gasteiger partial charge in [0.2, 0.25) is 0 Å². The van der Waals surface area contributed by atoms with Crippen molar-refractivity contribution >= 4 is 10.9 Å². The van der Waals surface area contributed by atoms with Crippen molar-refractivity contribution in [3.05, 3.63) is 36.0 Å². The van der Waals surface area contributed by atoms with Crippen LogP contribution in [0.25, 0.3) is 10.9 Å². The highest BCUT2D eigenvalue weighted by Gasteiger charge is 2.23. The molecule has 0 aliphatic carbocycles. The fraction of sp³-hybridized carbons (Fsp3) is 0.273. The van der Waals surface area contributed by atoms with Crippen LogP contribution in [0, 0.1) is 0 Å². The minimum absolute atomic E-state index is 0.466. The van der Waals surface area contributed by atoms with E-state index < -0.39 is 0 Å². The molecule has 2 aromatic rings. The Morgan fingerprint density at radius 1 is 1.38 bits per heavy atom. The number of aromatic nitrogens is 1. The zero-order valence-electron chi connectivity index (χ0n) is 7.29. The predicted octanol–water partition coefficient (Wildman–Crippen LogP) is 2.11. The molecular formula is C11H11NO. The Balaban J connectivity index is 2.00. The quantitative estimate of drug-likeness (QED) is 0.692. The number of benzene rings is 1. The Labute approximate surface area is 76.5 Å². The molecule has 3 rings (SSSR count). The van der Waals surface area contributed by atoms with Gasteiger partial charge in [0, 0.05) is 17.6 Å². The molecule has 1 aliphatic rings. The third-order valence-corrected chi connectivity index (χ3v) is 2.44. The lowest BCUT2D eigenvalue weighted by atomic mass is 10.2. The van der Waals surface area contributed by atoms with Crippen molar-refractivity contribution in [3.63, 3.8) is 0 Å². The minimum Gasteiger partial charge on any atom is -0.373 e. The van der Waals surface area contributed by atoms with E-state index in [0.29, 0.717) is 6.10 Å². The van der Waals surface area contributed by atoms with Crippen LogP contribution in [0.4, 0.5) is 0 Å². The smallest absolute Gasteiger partial charge is 0.0864 e. The van der Waals surface area contributed by atoms with Crippen LogP contribution in [0.2, 0.25) is 0 Å². The average Bonchev–Trinajstić information content (AvgIpc) is 2.85. The summed E-state index contributed by atoms with van der Waals surface area (Å²) in [6, 6.07) is 10.6. The number of fused-ring (bicyclic) bond motifs is 1. The summed E-state index contributed by atoms with van der Waals surface area (Å²) in [4.78, 5) is 3.39. The fourth-order valence-electron chi connectivity index (χ4n) is 1.67. The molecule has 0 saturated carbocycles. The lowest BCUT2D eigenvalue weighted by Gasteiger charge is -1.89. The number of rotatable bonds is 2. The molecule has 1 saturated heterocycles. The van der Waals surface area contributed by atoms with Crippen LogP contribution in [-0.4, -0.2) is 17.7 Å². The second-order valence-corrected chi connectivity index (χ2v) is 3.54. The van der Waals surface area contributed by atoms with Crippen LogP contribution < -0.4 is 0 Å². The van der Waals surface area contributed by atoms with Crippen molar-refractivity contribution in [1.82, 2.24) is 4.98 Å². The molecular weight excluding hydrogens is 162 g/mol. The molecule has 0 bridgehead atoms. The number of hydrogen-bond acceptors (Lipinski definition) is 1. The fourth-order valence-corrected chi connectivity index (χ4v) is 1.67. The molecule has 1 atom stereocenters. The number of aromatic amines is 1. The molecule has 2 heterocycles. The van der Waals surface area contributed by atoms with E-state index in [0.717, 1.165) is 13.0 Å². The van der Waals surface area contributed by atoms with Gasteiger partial charge in [0.25, 0.3) is 0 Å². The van der Waals surface area contributed by atoms with Crippen LogP contribution in [0.15, 0.2) is 30.3 Å². The lowest BCUT2D eigenvalue weighted by molar-refractivity contribution is 0.406. The second-order valence-electron chi connectivity index (χ2n) is 3.54. The zero-order valence-corrected chi connectivity index (χ0v) is 7.29. The molecule has 13 heavy (non-hydrogen) atoms. The Hall–Kier alpha value is -1.28. The maximum Gasteiger partial charge on any atom is 0.0864 e. The summed E-state index contributed by atoms with van der Waals surface area (Å²) in [6.45, 7) is 0.926. The van der Waals surface area contributed by atoms with Crippen molar-refractivity contribution in [1.29, 1.82) is 0 Å². The van der Waals surface area contributed by atoms with Gasteiger partial charge in [-0.3, -0.25) is 0 Å². The lowest BCUT2D eigenvalue weighted by Crippen LogP contribution is -1.91. The van der Waals surface area contributed by atoms with E-state index in [9.17, 15) is 0 Å². The summed E-state index contributed by atoms with van der Waals surface area (Å²) in [6.07, 6.45) is 1.49. The number of nitrogens with one attached hydrogen (secondary N) is 1. The van der Waals surface area contributed by atoms with Gasteiger partial charge in [0.1, 0.15) is 0 Å². The molecule has 2 nitrogen and oxygen atoms in total. The number of epoxide rings is 1. The summed E-state index contributed by atoms with van der Waals surface area (Å²) >= 11 is 0. The second kappa shape index (κ2) is 2.60. The largest absolute Gasteiger partial charge is 0.373 e. The van der Waals surface area contributed by atoms with E-state index in [2.05, 4.69) is 35.3 Å². The molecule has 1 N–H and O–H groups in total. The van der Waals surface area contributed by atoms with Gasteiger partial charge in [-0.1, -0.05) is 18.2 Å². The van der Waals surface area contributed by atoms with Gasteiger partial charge in [-0.05, 0) is 17.5 Å². The van der Waals surface area contributed by atoms with Gasteiger partial charge < -0.3 is 9.72 Å². The van der Waals surface area contributed by atoms with Crippen LogP contribution in [-0.2, 0) is 11.2 Å². The predicted molar refractivity (Wildman–Crippen MR) is 51.7 cm³/mol. The van der Waals surface area contributed by atoms with E-state index in [-0.39, 0.29) is 0 Å². The number of ether oxygens (including phenoxy) is 1. The molecule has 0 radical (unpaired) electrons. The topological polar surface area (TPSA) is 28.3 Å². The van der Waals surface area contributed by atoms with Crippen LogP contribution in [0.1, 0.15) is 5.69 Å². The molecule has 0 unspecified atom stereocenters. The summed E-state index contributed by atoms with van der Waals surface area (Å²) in [5.41, 5.74) is 2.50. The highest BCUT2D eigenvalue weighted by Crippen LogP contribution is 2.19. The average molecular weight is 173 g/mol. The molecule has 1 aliphatic heterocycles. The Morgan fingerprint density at radius 2 is 2.23 bits per heavy atom. The summed E-state index contributed by atoms with van der Waals surface area (Å²) in [5.74, 6) is 0. The Bertz CT molecular complexity index is 395. The standard InChI is InChI=1S/C11H11NO/c1-2-4-11-8(3-1)5-9(12-11)6-10-7-13-10/h1-5,10,12H,6-7H2/t10-/m0/s1. The van der Waals surface area contributed by atoms with Gasteiger partial charge in [0.15, 0.2) is 0 Å². The highest BCUT2D eigenvalue weighted by molar-refractivity contribution is 5.80. The minimum atomic E-state index is 0.466. The molecule has 66 valence electrons. The first-order valence-corrected chi connectivity index (χ1v) is 4.60. The van der Waals surface area contributed by atoms with E-state index in [1.807, 2.05) is 0 Å². The van der Waals surface area contributed by atoms with E-state index >= 15 is 0 Å². The third-order valence-electron chi connectivity index (χ3n) is 2.44. The summed E-state index contributed by atoms with van der Waals surface area (Å²) in [5, 5.41) is 1.29. The highest BCUT2D eigenvalue weighted by atomic mass is 16.6. The zero-order chi connectivity index (χ0) is 8.67.